The van der Waals surface area contributed by atoms with Gasteiger partial charge in [0.15, 0.2) is 0 Å². The van der Waals surface area contributed by atoms with Gasteiger partial charge in [-0.3, -0.25) is 4.99 Å². The minimum absolute atomic E-state index is 0.528. The van der Waals surface area contributed by atoms with Crippen molar-refractivity contribution in [2.24, 2.45) is 10.1 Å². The zero-order valence-electron chi connectivity index (χ0n) is 5.73. The lowest BCUT2D eigenvalue weighted by Gasteiger charge is -1.93. The van der Waals surface area contributed by atoms with Gasteiger partial charge in [0.1, 0.15) is 5.71 Å². The summed E-state index contributed by atoms with van der Waals surface area (Å²) in [6.45, 7) is 0. The summed E-state index contributed by atoms with van der Waals surface area (Å²) < 4.78 is 0. The molecule has 2 rings (SSSR count). The predicted molar refractivity (Wildman–Crippen MR) is 42.9 cm³/mol. The number of rotatable bonds is 0. The van der Waals surface area contributed by atoms with E-state index in [1.165, 1.54) is 0 Å². The molecule has 0 aliphatic carbocycles. The van der Waals surface area contributed by atoms with Crippen molar-refractivity contribution in [3.63, 3.8) is 0 Å². The molecule has 0 atom stereocenters. The molecule has 1 aromatic rings. The molecule has 0 aromatic heterocycles. The van der Waals surface area contributed by atoms with Crippen molar-refractivity contribution in [2.75, 3.05) is 0 Å². The van der Waals surface area contributed by atoms with Crippen molar-refractivity contribution < 1.29 is 5.21 Å². The molecule has 0 unspecified atom stereocenters. The lowest BCUT2D eigenvalue weighted by molar-refractivity contribution is 0.320. The van der Waals surface area contributed by atoms with Crippen LogP contribution in [0, 0.1) is 0 Å². The van der Waals surface area contributed by atoms with Crippen LogP contribution < -0.4 is 0 Å². The molecule has 1 aliphatic heterocycles. The Kier molecular flexibility index (Phi) is 1.22. The summed E-state index contributed by atoms with van der Waals surface area (Å²) >= 11 is 0. The number of aliphatic imine (C=N–C) groups is 1. The lowest BCUT2D eigenvalue weighted by atomic mass is 10.1. The normalized spacial score (nSPS) is 17.3. The Morgan fingerprint density at radius 1 is 1.27 bits per heavy atom. The molecule has 0 saturated heterocycles. The summed E-state index contributed by atoms with van der Waals surface area (Å²) in [7, 11) is 0. The minimum atomic E-state index is 0.528. The van der Waals surface area contributed by atoms with Crippen LogP contribution in [0.15, 0.2) is 34.4 Å². The third kappa shape index (κ3) is 0.816. The van der Waals surface area contributed by atoms with Crippen LogP contribution in [0.2, 0.25) is 0 Å². The molecule has 11 heavy (non-hydrogen) atoms. The highest BCUT2D eigenvalue weighted by Crippen LogP contribution is 2.22. The topological polar surface area (TPSA) is 45.0 Å². The predicted octanol–water partition coefficient (Wildman–Crippen LogP) is 1.58. The van der Waals surface area contributed by atoms with Gasteiger partial charge in [-0.2, -0.15) is 0 Å². The highest BCUT2D eigenvalue weighted by molar-refractivity contribution is 6.42. The number of hydrogen-bond donors (Lipinski definition) is 1. The molecule has 0 spiro atoms. The van der Waals surface area contributed by atoms with Crippen LogP contribution in [0.25, 0.3) is 0 Å². The highest BCUT2D eigenvalue weighted by atomic mass is 16.4. The third-order valence-electron chi connectivity index (χ3n) is 1.61. The standard InChI is InChI=1S/C8H6N2O/c11-10-8-5-9-7-4-2-1-3-6(7)8/h1-5,11H. The van der Waals surface area contributed by atoms with Crippen LogP contribution in [0.4, 0.5) is 5.69 Å². The molecular weight excluding hydrogens is 140 g/mol. The molecule has 3 heteroatoms. The largest absolute Gasteiger partial charge is 0.410 e. The van der Waals surface area contributed by atoms with E-state index in [-0.39, 0.29) is 0 Å². The second-order valence-electron chi connectivity index (χ2n) is 2.26. The third-order valence-corrected chi connectivity index (χ3v) is 1.61. The van der Waals surface area contributed by atoms with Crippen LogP contribution in [-0.2, 0) is 0 Å². The van der Waals surface area contributed by atoms with Gasteiger partial charge < -0.3 is 5.21 Å². The number of fused-ring (bicyclic) bond motifs is 1. The van der Waals surface area contributed by atoms with E-state index in [1.807, 2.05) is 24.3 Å². The second kappa shape index (κ2) is 2.20. The maximum atomic E-state index is 8.51. The van der Waals surface area contributed by atoms with Crippen LogP contribution in [0.3, 0.4) is 0 Å². The molecule has 1 aromatic carbocycles. The quantitative estimate of drug-likeness (QED) is 0.438. The van der Waals surface area contributed by atoms with Crippen molar-refractivity contribution in [3.05, 3.63) is 29.8 Å². The van der Waals surface area contributed by atoms with E-state index in [2.05, 4.69) is 10.1 Å². The van der Waals surface area contributed by atoms with Gasteiger partial charge in [-0.05, 0) is 6.07 Å². The smallest absolute Gasteiger partial charge is 0.130 e. The van der Waals surface area contributed by atoms with E-state index in [0.29, 0.717) is 5.71 Å². The molecule has 54 valence electrons. The minimum Gasteiger partial charge on any atom is -0.410 e. The Labute approximate surface area is 63.7 Å². The number of nitrogens with zero attached hydrogens (tertiary/aromatic N) is 2. The monoisotopic (exact) mass is 146 g/mol. The average Bonchev–Trinajstić information content (AvgIpc) is 2.47. The van der Waals surface area contributed by atoms with Crippen molar-refractivity contribution in [1.29, 1.82) is 0 Å². The van der Waals surface area contributed by atoms with Gasteiger partial charge in [0.25, 0.3) is 0 Å². The zero-order chi connectivity index (χ0) is 7.68. The molecule has 1 aliphatic rings. The summed E-state index contributed by atoms with van der Waals surface area (Å²) in [6, 6.07) is 7.54. The van der Waals surface area contributed by atoms with Gasteiger partial charge in [0, 0.05) is 5.56 Å². The van der Waals surface area contributed by atoms with Crippen LogP contribution >= 0.6 is 0 Å². The van der Waals surface area contributed by atoms with E-state index in [0.717, 1.165) is 11.3 Å². The van der Waals surface area contributed by atoms with Crippen LogP contribution in [0.5, 0.6) is 0 Å². The zero-order valence-corrected chi connectivity index (χ0v) is 5.73. The molecular formula is C8H6N2O. The van der Waals surface area contributed by atoms with Crippen molar-refractivity contribution >= 4 is 17.6 Å². The first-order chi connectivity index (χ1) is 5.42. The molecule has 0 bridgehead atoms. The fraction of sp³-hybridized carbons (Fsp3) is 0. The molecule has 0 radical (unpaired) electrons. The number of benzene rings is 1. The van der Waals surface area contributed by atoms with Gasteiger partial charge in [0.05, 0.1) is 11.9 Å². The number of para-hydroxylation sites is 1. The summed E-state index contributed by atoms with van der Waals surface area (Å²) in [5, 5.41) is 11.6. The first-order valence-corrected chi connectivity index (χ1v) is 3.27. The second-order valence-corrected chi connectivity index (χ2v) is 2.26. The summed E-state index contributed by atoms with van der Waals surface area (Å²) in [5.41, 5.74) is 2.27. The summed E-state index contributed by atoms with van der Waals surface area (Å²) in [4.78, 5) is 4.04. The average molecular weight is 146 g/mol. The maximum Gasteiger partial charge on any atom is 0.130 e. The van der Waals surface area contributed by atoms with Crippen LogP contribution in [-0.4, -0.2) is 17.1 Å². The fourth-order valence-corrected chi connectivity index (χ4v) is 1.08. The Morgan fingerprint density at radius 3 is 2.91 bits per heavy atom. The Bertz CT molecular complexity index is 342. The fourth-order valence-electron chi connectivity index (χ4n) is 1.08. The van der Waals surface area contributed by atoms with Gasteiger partial charge >= 0.3 is 0 Å². The summed E-state index contributed by atoms with van der Waals surface area (Å²) in [5.74, 6) is 0. The first kappa shape index (κ1) is 6.09. The number of oxime groups is 1. The Morgan fingerprint density at radius 2 is 2.09 bits per heavy atom. The van der Waals surface area contributed by atoms with E-state index in [4.69, 9.17) is 5.21 Å². The van der Waals surface area contributed by atoms with Crippen LogP contribution in [0.1, 0.15) is 5.56 Å². The molecule has 0 fully saturated rings. The van der Waals surface area contributed by atoms with Crippen molar-refractivity contribution in [3.8, 4) is 0 Å². The first-order valence-electron chi connectivity index (χ1n) is 3.27. The Balaban J connectivity index is 2.63. The SMILES string of the molecule is ON=C1C=Nc2ccccc21. The summed E-state index contributed by atoms with van der Waals surface area (Å²) in [6.07, 6.45) is 1.55. The van der Waals surface area contributed by atoms with Gasteiger partial charge in [-0.1, -0.05) is 23.4 Å². The van der Waals surface area contributed by atoms with E-state index >= 15 is 0 Å². The molecule has 3 nitrogen and oxygen atoms in total. The van der Waals surface area contributed by atoms with Gasteiger partial charge in [-0.15, -0.1) is 0 Å². The molecule has 1 heterocycles. The van der Waals surface area contributed by atoms with Crippen molar-refractivity contribution in [2.45, 2.75) is 0 Å². The van der Waals surface area contributed by atoms with E-state index in [1.54, 1.807) is 6.21 Å². The van der Waals surface area contributed by atoms with E-state index in [9.17, 15) is 0 Å². The van der Waals surface area contributed by atoms with Gasteiger partial charge in [-0.25, -0.2) is 0 Å². The number of hydrogen-bond acceptors (Lipinski definition) is 3. The van der Waals surface area contributed by atoms with Gasteiger partial charge in [0.2, 0.25) is 0 Å². The Hall–Kier alpha value is -1.64. The van der Waals surface area contributed by atoms with E-state index < -0.39 is 0 Å². The highest BCUT2D eigenvalue weighted by Gasteiger charge is 2.11. The molecule has 0 amide bonds. The lowest BCUT2D eigenvalue weighted by Crippen LogP contribution is -1.95. The molecule has 0 saturated carbocycles. The molecule has 1 N–H and O–H groups in total. The van der Waals surface area contributed by atoms with Crippen molar-refractivity contribution in [1.82, 2.24) is 0 Å². The maximum absolute atomic E-state index is 8.51.